The number of nitrogens with one attached hydrogen (secondary N) is 1. The molecule has 1 aliphatic rings. The standard InChI is InChI=1S/C18H26N6O3/c1-10(2)12-9-26-17(25)24(12)13-7-8-19-16(21-13)20-11(3)14-22-15(23-27-14)18(4,5)6/h7-8,10-12H,9H2,1-6H3,(H,19,20,21)/t11?,12-/m1/s1. The number of rotatable bonds is 5. The van der Waals surface area contributed by atoms with Gasteiger partial charge in [0.1, 0.15) is 18.5 Å². The lowest BCUT2D eigenvalue weighted by atomic mass is 9.96. The number of aromatic nitrogens is 4. The van der Waals surface area contributed by atoms with Crippen molar-refractivity contribution in [3.8, 4) is 0 Å². The molecule has 3 rings (SSSR count). The molecule has 1 N–H and O–H groups in total. The maximum atomic E-state index is 12.1. The third kappa shape index (κ3) is 4.01. The van der Waals surface area contributed by atoms with E-state index in [2.05, 4.69) is 25.4 Å². The molecule has 0 aromatic carbocycles. The Hall–Kier alpha value is -2.71. The van der Waals surface area contributed by atoms with E-state index >= 15 is 0 Å². The van der Waals surface area contributed by atoms with Gasteiger partial charge in [0.25, 0.3) is 0 Å². The van der Waals surface area contributed by atoms with Crippen molar-refractivity contribution < 1.29 is 14.1 Å². The normalized spacial score (nSPS) is 18.7. The number of amides is 1. The number of hydrogen-bond donors (Lipinski definition) is 1. The molecule has 2 aromatic rings. The molecule has 0 saturated carbocycles. The number of carbonyl (C=O) groups excluding carboxylic acids is 1. The monoisotopic (exact) mass is 374 g/mol. The predicted octanol–water partition coefficient (Wildman–Crippen LogP) is 3.31. The summed E-state index contributed by atoms with van der Waals surface area (Å²) in [7, 11) is 0. The molecular formula is C18H26N6O3. The Morgan fingerprint density at radius 3 is 2.63 bits per heavy atom. The molecule has 9 nitrogen and oxygen atoms in total. The molecule has 1 aliphatic heterocycles. The highest BCUT2D eigenvalue weighted by Crippen LogP contribution is 2.27. The minimum absolute atomic E-state index is 0.0528. The van der Waals surface area contributed by atoms with E-state index in [-0.39, 0.29) is 23.4 Å². The Labute approximate surface area is 158 Å². The molecule has 1 amide bonds. The average Bonchev–Trinajstić information content (AvgIpc) is 3.21. The third-order valence-electron chi connectivity index (χ3n) is 4.39. The minimum Gasteiger partial charge on any atom is -0.447 e. The molecule has 0 spiro atoms. The number of ether oxygens (including phenoxy) is 1. The molecule has 1 fully saturated rings. The van der Waals surface area contributed by atoms with Crippen molar-refractivity contribution in [3.63, 3.8) is 0 Å². The summed E-state index contributed by atoms with van der Waals surface area (Å²) in [4.78, 5) is 26.9. The minimum atomic E-state index is -0.391. The van der Waals surface area contributed by atoms with Crippen LogP contribution in [0.15, 0.2) is 16.8 Å². The van der Waals surface area contributed by atoms with E-state index in [0.717, 1.165) is 0 Å². The summed E-state index contributed by atoms with van der Waals surface area (Å²) in [6.45, 7) is 12.4. The summed E-state index contributed by atoms with van der Waals surface area (Å²) in [5, 5.41) is 7.18. The first-order chi connectivity index (χ1) is 12.7. The highest BCUT2D eigenvalue weighted by atomic mass is 16.6. The van der Waals surface area contributed by atoms with Crippen LogP contribution in [0.5, 0.6) is 0 Å². The van der Waals surface area contributed by atoms with Gasteiger partial charge in [-0.1, -0.05) is 39.8 Å². The van der Waals surface area contributed by atoms with Gasteiger partial charge in [-0.2, -0.15) is 9.97 Å². The fraction of sp³-hybridized carbons (Fsp3) is 0.611. The second-order valence-electron chi connectivity index (χ2n) is 8.07. The summed E-state index contributed by atoms with van der Waals surface area (Å²) < 4.78 is 10.5. The summed E-state index contributed by atoms with van der Waals surface area (Å²) in [5.41, 5.74) is -0.195. The van der Waals surface area contributed by atoms with Crippen LogP contribution >= 0.6 is 0 Å². The largest absolute Gasteiger partial charge is 0.447 e. The Morgan fingerprint density at radius 1 is 1.26 bits per heavy atom. The Bertz CT molecular complexity index is 813. The van der Waals surface area contributed by atoms with E-state index in [9.17, 15) is 4.79 Å². The SMILES string of the molecule is CC(Nc1nccc(N2C(=O)OC[C@@H]2C(C)C)n1)c1nc(C(C)(C)C)no1. The van der Waals surface area contributed by atoms with Crippen molar-refractivity contribution in [3.05, 3.63) is 24.0 Å². The maximum Gasteiger partial charge on any atom is 0.415 e. The highest BCUT2D eigenvalue weighted by molar-refractivity contribution is 5.89. The third-order valence-corrected chi connectivity index (χ3v) is 4.39. The van der Waals surface area contributed by atoms with Gasteiger partial charge in [-0.3, -0.25) is 4.90 Å². The number of carbonyl (C=O) groups is 1. The summed E-state index contributed by atoms with van der Waals surface area (Å²) in [6.07, 6.45) is 1.22. The molecule has 27 heavy (non-hydrogen) atoms. The molecule has 146 valence electrons. The van der Waals surface area contributed by atoms with Gasteiger partial charge in [0.2, 0.25) is 11.8 Å². The zero-order valence-corrected chi connectivity index (χ0v) is 16.6. The zero-order chi connectivity index (χ0) is 19.8. The molecule has 3 heterocycles. The average molecular weight is 374 g/mol. The molecular weight excluding hydrogens is 348 g/mol. The van der Waals surface area contributed by atoms with E-state index in [4.69, 9.17) is 9.26 Å². The van der Waals surface area contributed by atoms with Crippen LogP contribution in [-0.2, 0) is 10.2 Å². The lowest BCUT2D eigenvalue weighted by Crippen LogP contribution is -2.37. The lowest BCUT2D eigenvalue weighted by molar-refractivity contribution is 0.177. The van der Waals surface area contributed by atoms with Crippen molar-refractivity contribution in [2.75, 3.05) is 16.8 Å². The van der Waals surface area contributed by atoms with E-state index in [1.807, 2.05) is 41.5 Å². The quantitative estimate of drug-likeness (QED) is 0.849. The summed E-state index contributed by atoms with van der Waals surface area (Å²) in [6, 6.07) is 1.36. The molecule has 9 heteroatoms. The first-order valence-corrected chi connectivity index (χ1v) is 9.06. The van der Waals surface area contributed by atoms with E-state index in [0.29, 0.717) is 30.1 Å². The Balaban J connectivity index is 1.78. The van der Waals surface area contributed by atoms with E-state index in [1.54, 1.807) is 17.2 Å². The first-order valence-electron chi connectivity index (χ1n) is 9.06. The smallest absolute Gasteiger partial charge is 0.415 e. The zero-order valence-electron chi connectivity index (χ0n) is 16.6. The van der Waals surface area contributed by atoms with Gasteiger partial charge in [-0.05, 0) is 18.9 Å². The fourth-order valence-electron chi connectivity index (χ4n) is 2.71. The van der Waals surface area contributed by atoms with Crippen LogP contribution in [0.1, 0.15) is 59.3 Å². The molecule has 1 unspecified atom stereocenters. The van der Waals surface area contributed by atoms with Crippen LogP contribution in [0.25, 0.3) is 0 Å². The van der Waals surface area contributed by atoms with Gasteiger partial charge >= 0.3 is 6.09 Å². The van der Waals surface area contributed by atoms with Crippen molar-refractivity contribution >= 4 is 17.9 Å². The molecule has 0 aliphatic carbocycles. The molecule has 2 aromatic heterocycles. The van der Waals surface area contributed by atoms with E-state index in [1.165, 1.54) is 0 Å². The number of nitrogens with zero attached hydrogens (tertiary/aromatic N) is 5. The van der Waals surface area contributed by atoms with Gasteiger partial charge < -0.3 is 14.6 Å². The molecule has 1 saturated heterocycles. The van der Waals surface area contributed by atoms with E-state index < -0.39 is 6.09 Å². The van der Waals surface area contributed by atoms with Gasteiger partial charge in [0.05, 0.1) is 6.04 Å². The van der Waals surface area contributed by atoms with Gasteiger partial charge in [-0.25, -0.2) is 9.78 Å². The van der Waals surface area contributed by atoms with Crippen LogP contribution in [-0.4, -0.2) is 38.9 Å². The van der Waals surface area contributed by atoms with Gasteiger partial charge in [0.15, 0.2) is 5.82 Å². The van der Waals surface area contributed by atoms with Crippen LogP contribution < -0.4 is 10.2 Å². The number of anilines is 2. The number of hydrogen-bond acceptors (Lipinski definition) is 8. The Morgan fingerprint density at radius 2 is 2.00 bits per heavy atom. The van der Waals surface area contributed by atoms with Crippen molar-refractivity contribution in [2.24, 2.45) is 5.92 Å². The second kappa shape index (κ2) is 7.13. The van der Waals surface area contributed by atoms with Gasteiger partial charge in [0, 0.05) is 11.6 Å². The lowest BCUT2D eigenvalue weighted by Gasteiger charge is -2.23. The van der Waals surface area contributed by atoms with Crippen LogP contribution in [0.4, 0.5) is 16.6 Å². The second-order valence-corrected chi connectivity index (χ2v) is 8.07. The number of cyclic esters (lactones) is 1. The van der Waals surface area contributed by atoms with Crippen molar-refractivity contribution in [1.29, 1.82) is 0 Å². The van der Waals surface area contributed by atoms with Gasteiger partial charge in [-0.15, -0.1) is 0 Å². The topological polar surface area (TPSA) is 106 Å². The molecule has 2 atom stereocenters. The van der Waals surface area contributed by atoms with Crippen molar-refractivity contribution in [1.82, 2.24) is 20.1 Å². The summed E-state index contributed by atoms with van der Waals surface area (Å²) >= 11 is 0. The predicted molar refractivity (Wildman–Crippen MR) is 99.5 cm³/mol. The molecule has 0 radical (unpaired) electrons. The van der Waals surface area contributed by atoms with Crippen LogP contribution in [0.2, 0.25) is 0 Å². The first kappa shape index (κ1) is 19.1. The van der Waals surface area contributed by atoms with Crippen LogP contribution in [0, 0.1) is 5.92 Å². The van der Waals surface area contributed by atoms with Crippen molar-refractivity contribution in [2.45, 2.75) is 59.0 Å². The summed E-state index contributed by atoms with van der Waals surface area (Å²) in [5.74, 6) is 2.21. The van der Waals surface area contributed by atoms with Crippen LogP contribution in [0.3, 0.4) is 0 Å². The highest BCUT2D eigenvalue weighted by Gasteiger charge is 2.37. The fourth-order valence-corrected chi connectivity index (χ4v) is 2.71. The molecule has 0 bridgehead atoms. The maximum absolute atomic E-state index is 12.1. The Kier molecular flexibility index (Phi) is 5.03.